The zero-order chi connectivity index (χ0) is 17.2. The van der Waals surface area contributed by atoms with Crippen LogP contribution >= 0.6 is 0 Å². The van der Waals surface area contributed by atoms with Crippen molar-refractivity contribution in [2.24, 2.45) is 0 Å². The Hall–Kier alpha value is -1.88. The van der Waals surface area contributed by atoms with Crippen LogP contribution in [0.2, 0.25) is 0 Å². The van der Waals surface area contributed by atoms with Crippen LogP contribution in [0, 0.1) is 0 Å². The molecule has 2 amide bonds. The van der Waals surface area contributed by atoms with Gasteiger partial charge < -0.3 is 15.4 Å². The van der Waals surface area contributed by atoms with Crippen molar-refractivity contribution in [1.82, 2.24) is 10.6 Å². The molecule has 0 saturated heterocycles. The first-order valence-corrected chi connectivity index (χ1v) is 8.88. The maximum absolute atomic E-state index is 12.1. The molecular weight excluding hydrogens is 304 g/mol. The largest absolute Gasteiger partial charge is 0.378 e. The summed E-state index contributed by atoms with van der Waals surface area (Å²) in [5.74, 6) is -0.133. The number of rotatable bonds is 8. The first-order valence-electron chi connectivity index (χ1n) is 8.88. The fraction of sp³-hybridized carbons (Fsp3) is 0.579. The van der Waals surface area contributed by atoms with Crippen LogP contribution in [-0.4, -0.2) is 31.1 Å². The van der Waals surface area contributed by atoms with E-state index in [1.807, 2.05) is 12.1 Å². The van der Waals surface area contributed by atoms with Gasteiger partial charge in [-0.25, -0.2) is 0 Å². The predicted octanol–water partition coefficient (Wildman–Crippen LogP) is 2.79. The van der Waals surface area contributed by atoms with Gasteiger partial charge in [0, 0.05) is 32.2 Å². The van der Waals surface area contributed by atoms with E-state index in [1.165, 1.54) is 39.0 Å². The van der Waals surface area contributed by atoms with Crippen LogP contribution in [0.3, 0.4) is 0 Å². The summed E-state index contributed by atoms with van der Waals surface area (Å²) in [4.78, 5) is 22.9. The molecule has 0 aliphatic heterocycles. The minimum Gasteiger partial charge on any atom is -0.378 e. The summed E-state index contributed by atoms with van der Waals surface area (Å²) in [6.45, 7) is 3.30. The van der Waals surface area contributed by atoms with Gasteiger partial charge in [0.15, 0.2) is 0 Å². The maximum atomic E-state index is 12.1. The maximum Gasteiger partial charge on any atom is 0.251 e. The standard InChI is InChI=1S/C19H28N2O3/c1-15(22)21-14-16-8-10-17(11-9-16)19(23)20-12-5-13-24-18-6-3-2-4-7-18/h8-11,18H,2-7,12-14H2,1H3,(H,20,23)(H,21,22). The van der Waals surface area contributed by atoms with Gasteiger partial charge in [0.25, 0.3) is 5.91 Å². The van der Waals surface area contributed by atoms with Crippen molar-refractivity contribution in [3.63, 3.8) is 0 Å². The second-order valence-corrected chi connectivity index (χ2v) is 6.35. The molecule has 0 aromatic heterocycles. The van der Waals surface area contributed by atoms with Crippen molar-refractivity contribution in [3.8, 4) is 0 Å². The van der Waals surface area contributed by atoms with E-state index < -0.39 is 0 Å². The third-order valence-corrected chi connectivity index (χ3v) is 4.27. The van der Waals surface area contributed by atoms with E-state index in [9.17, 15) is 9.59 Å². The SMILES string of the molecule is CC(=O)NCc1ccc(C(=O)NCCCOC2CCCCC2)cc1. The van der Waals surface area contributed by atoms with E-state index in [4.69, 9.17) is 4.74 Å². The lowest BCUT2D eigenvalue weighted by Crippen LogP contribution is -2.26. The van der Waals surface area contributed by atoms with Crippen molar-refractivity contribution < 1.29 is 14.3 Å². The highest BCUT2D eigenvalue weighted by atomic mass is 16.5. The quantitative estimate of drug-likeness (QED) is 0.719. The molecule has 0 atom stereocenters. The van der Waals surface area contributed by atoms with Crippen LogP contribution in [0.25, 0.3) is 0 Å². The highest BCUT2D eigenvalue weighted by Crippen LogP contribution is 2.20. The Morgan fingerprint density at radius 3 is 2.46 bits per heavy atom. The number of benzene rings is 1. The summed E-state index contributed by atoms with van der Waals surface area (Å²) in [5, 5.41) is 5.65. The summed E-state index contributed by atoms with van der Waals surface area (Å²) in [6, 6.07) is 7.28. The fourth-order valence-electron chi connectivity index (χ4n) is 2.86. The first kappa shape index (κ1) is 18.5. The number of carbonyl (C=O) groups excluding carboxylic acids is 2. The van der Waals surface area contributed by atoms with Gasteiger partial charge in [0.1, 0.15) is 0 Å². The van der Waals surface area contributed by atoms with Crippen molar-refractivity contribution in [1.29, 1.82) is 0 Å². The molecule has 1 aromatic rings. The fourth-order valence-corrected chi connectivity index (χ4v) is 2.86. The van der Waals surface area contributed by atoms with Gasteiger partial charge in [-0.1, -0.05) is 31.4 Å². The summed E-state index contributed by atoms with van der Waals surface area (Å²) < 4.78 is 5.85. The Balaban J connectivity index is 1.62. The number of hydrogen-bond donors (Lipinski definition) is 2. The number of hydrogen-bond acceptors (Lipinski definition) is 3. The molecule has 0 bridgehead atoms. The van der Waals surface area contributed by atoms with Gasteiger partial charge in [-0.3, -0.25) is 9.59 Å². The highest BCUT2D eigenvalue weighted by Gasteiger charge is 2.13. The van der Waals surface area contributed by atoms with Crippen LogP contribution in [-0.2, 0) is 16.1 Å². The highest BCUT2D eigenvalue weighted by molar-refractivity contribution is 5.94. The zero-order valence-corrected chi connectivity index (χ0v) is 14.5. The topological polar surface area (TPSA) is 67.4 Å². The van der Waals surface area contributed by atoms with Crippen molar-refractivity contribution in [3.05, 3.63) is 35.4 Å². The summed E-state index contributed by atoms with van der Waals surface area (Å²) in [5.41, 5.74) is 1.61. The summed E-state index contributed by atoms with van der Waals surface area (Å²) >= 11 is 0. The Labute approximate surface area is 144 Å². The molecule has 0 heterocycles. The average molecular weight is 332 g/mol. The third kappa shape index (κ3) is 6.71. The average Bonchev–Trinajstić information content (AvgIpc) is 2.61. The van der Waals surface area contributed by atoms with Crippen molar-refractivity contribution >= 4 is 11.8 Å². The molecule has 24 heavy (non-hydrogen) atoms. The van der Waals surface area contributed by atoms with Crippen LogP contribution in [0.5, 0.6) is 0 Å². The molecule has 1 aliphatic carbocycles. The van der Waals surface area contributed by atoms with Crippen molar-refractivity contribution in [2.45, 2.75) is 58.1 Å². The molecule has 0 unspecified atom stereocenters. The zero-order valence-electron chi connectivity index (χ0n) is 14.5. The summed E-state index contributed by atoms with van der Waals surface area (Å²) in [6.07, 6.45) is 7.50. The summed E-state index contributed by atoms with van der Waals surface area (Å²) in [7, 11) is 0. The van der Waals surface area contributed by atoms with Crippen LogP contribution in [0.1, 0.15) is 61.4 Å². The van der Waals surface area contributed by atoms with Gasteiger partial charge in [-0.2, -0.15) is 0 Å². The van der Waals surface area contributed by atoms with Crippen molar-refractivity contribution in [2.75, 3.05) is 13.2 Å². The lowest BCUT2D eigenvalue weighted by atomic mass is 9.98. The molecule has 0 radical (unpaired) electrons. The molecule has 1 aliphatic rings. The smallest absolute Gasteiger partial charge is 0.251 e. The Morgan fingerprint density at radius 1 is 1.08 bits per heavy atom. The number of ether oxygens (including phenoxy) is 1. The molecule has 1 saturated carbocycles. The Morgan fingerprint density at radius 2 is 1.79 bits per heavy atom. The van der Waals surface area contributed by atoms with E-state index in [0.717, 1.165) is 12.0 Å². The molecule has 132 valence electrons. The predicted molar refractivity (Wildman–Crippen MR) is 93.7 cm³/mol. The number of carbonyl (C=O) groups is 2. The minimum absolute atomic E-state index is 0.0627. The van der Waals surface area contributed by atoms with Crippen LogP contribution in [0.15, 0.2) is 24.3 Å². The molecule has 0 spiro atoms. The lowest BCUT2D eigenvalue weighted by molar-refractivity contribution is -0.119. The van der Waals surface area contributed by atoms with E-state index >= 15 is 0 Å². The molecule has 5 heteroatoms. The normalized spacial score (nSPS) is 15.0. The second-order valence-electron chi connectivity index (χ2n) is 6.35. The number of nitrogens with one attached hydrogen (secondary N) is 2. The molecule has 2 N–H and O–H groups in total. The van der Waals surface area contributed by atoms with Crippen LogP contribution in [0.4, 0.5) is 0 Å². The Bertz CT molecular complexity index is 522. The first-order chi connectivity index (χ1) is 11.6. The molecule has 2 rings (SSSR count). The van der Waals surface area contributed by atoms with E-state index in [2.05, 4.69) is 10.6 Å². The van der Waals surface area contributed by atoms with Gasteiger partial charge in [0.2, 0.25) is 5.91 Å². The lowest BCUT2D eigenvalue weighted by Gasteiger charge is -2.21. The van der Waals surface area contributed by atoms with E-state index in [0.29, 0.717) is 31.4 Å². The Kier molecular flexibility index (Phi) is 7.75. The van der Waals surface area contributed by atoms with Gasteiger partial charge in [-0.15, -0.1) is 0 Å². The third-order valence-electron chi connectivity index (χ3n) is 4.27. The minimum atomic E-state index is -0.0706. The van der Waals surface area contributed by atoms with Crippen LogP contribution < -0.4 is 10.6 Å². The molecule has 5 nitrogen and oxygen atoms in total. The molecule has 1 aromatic carbocycles. The van der Waals surface area contributed by atoms with E-state index in [1.54, 1.807) is 12.1 Å². The van der Waals surface area contributed by atoms with Gasteiger partial charge in [-0.05, 0) is 37.0 Å². The van der Waals surface area contributed by atoms with Gasteiger partial charge >= 0.3 is 0 Å². The molecular formula is C19H28N2O3. The van der Waals surface area contributed by atoms with E-state index in [-0.39, 0.29) is 11.8 Å². The second kappa shape index (κ2) is 10.1. The molecule has 1 fully saturated rings. The van der Waals surface area contributed by atoms with Gasteiger partial charge in [0.05, 0.1) is 6.10 Å². The monoisotopic (exact) mass is 332 g/mol. The number of amides is 2.